The van der Waals surface area contributed by atoms with Gasteiger partial charge in [0.05, 0.1) is 6.54 Å². The van der Waals surface area contributed by atoms with Crippen LogP contribution in [0.3, 0.4) is 0 Å². The van der Waals surface area contributed by atoms with E-state index in [2.05, 4.69) is 10.1 Å². The van der Waals surface area contributed by atoms with Crippen molar-refractivity contribution in [2.24, 2.45) is 0 Å². The van der Waals surface area contributed by atoms with Crippen LogP contribution in [0.4, 0.5) is 0 Å². The summed E-state index contributed by atoms with van der Waals surface area (Å²) >= 11 is 5.91. The number of piperazine rings is 1. The Balaban J connectivity index is 1.28. The van der Waals surface area contributed by atoms with Gasteiger partial charge in [0.15, 0.2) is 5.76 Å². The molecule has 2 fully saturated rings. The summed E-state index contributed by atoms with van der Waals surface area (Å²) in [5, 5.41) is 4.79. The highest BCUT2D eigenvalue weighted by Crippen LogP contribution is 2.22. The van der Waals surface area contributed by atoms with Crippen LogP contribution in [0.25, 0.3) is 11.3 Å². The van der Waals surface area contributed by atoms with Gasteiger partial charge in [0.2, 0.25) is 17.7 Å². The third-order valence-electron chi connectivity index (χ3n) is 5.25. The molecule has 0 aliphatic carbocycles. The lowest BCUT2D eigenvalue weighted by Crippen LogP contribution is -2.51. The largest absolute Gasteiger partial charge is 0.359 e. The maximum Gasteiger partial charge on any atom is 0.242 e. The van der Waals surface area contributed by atoms with Crippen LogP contribution in [0.2, 0.25) is 5.02 Å². The van der Waals surface area contributed by atoms with E-state index in [1.54, 1.807) is 4.90 Å². The molecule has 0 radical (unpaired) electrons. The first-order valence-corrected chi connectivity index (χ1v) is 9.92. The Hall–Kier alpha value is -2.71. The van der Waals surface area contributed by atoms with Crippen LogP contribution in [-0.4, -0.2) is 70.3 Å². The highest BCUT2D eigenvalue weighted by Gasteiger charge is 2.32. The maximum atomic E-state index is 12.4. The minimum absolute atomic E-state index is 0.149. The average Bonchev–Trinajstić information content (AvgIpc) is 3.31. The average molecular weight is 417 g/mol. The first kappa shape index (κ1) is 19.6. The molecule has 0 saturated carbocycles. The van der Waals surface area contributed by atoms with Crippen molar-refractivity contribution in [1.82, 2.24) is 19.9 Å². The Morgan fingerprint density at radius 1 is 1.03 bits per heavy atom. The number of halogens is 1. The molecule has 4 rings (SSSR count). The van der Waals surface area contributed by atoms with Crippen molar-refractivity contribution in [2.75, 3.05) is 32.7 Å². The number of nitrogens with zero attached hydrogens (tertiary/aromatic N) is 4. The molecule has 2 aliphatic heterocycles. The molecule has 0 bridgehead atoms. The van der Waals surface area contributed by atoms with Crippen molar-refractivity contribution >= 4 is 29.3 Å². The zero-order valence-electron chi connectivity index (χ0n) is 15.8. The van der Waals surface area contributed by atoms with Gasteiger partial charge >= 0.3 is 0 Å². The lowest BCUT2D eigenvalue weighted by atomic mass is 10.1. The predicted molar refractivity (Wildman–Crippen MR) is 105 cm³/mol. The number of amides is 3. The number of rotatable bonds is 5. The normalized spacial score (nSPS) is 18.0. The van der Waals surface area contributed by atoms with Gasteiger partial charge < -0.3 is 9.42 Å². The number of aromatic nitrogens is 1. The molecule has 0 N–H and O–H groups in total. The van der Waals surface area contributed by atoms with E-state index in [0.29, 0.717) is 37.7 Å². The van der Waals surface area contributed by atoms with E-state index >= 15 is 0 Å². The van der Waals surface area contributed by atoms with Crippen LogP contribution in [0, 0.1) is 0 Å². The third kappa shape index (κ3) is 4.49. The lowest BCUT2D eigenvalue weighted by Gasteiger charge is -2.34. The van der Waals surface area contributed by atoms with Crippen LogP contribution >= 0.6 is 11.6 Å². The van der Waals surface area contributed by atoms with Gasteiger partial charge in [-0.15, -0.1) is 0 Å². The molecule has 152 valence electrons. The van der Waals surface area contributed by atoms with E-state index in [1.165, 1.54) is 0 Å². The summed E-state index contributed by atoms with van der Waals surface area (Å²) in [6.07, 6.45) is 0.407. The molecule has 3 heterocycles. The molecular formula is C20H21ClN4O4. The van der Waals surface area contributed by atoms with Gasteiger partial charge in [-0.25, -0.2) is 0 Å². The molecule has 0 atom stereocenters. The van der Waals surface area contributed by atoms with Crippen LogP contribution in [0.15, 0.2) is 34.9 Å². The second-order valence-electron chi connectivity index (χ2n) is 7.22. The molecule has 29 heavy (non-hydrogen) atoms. The van der Waals surface area contributed by atoms with Crippen LogP contribution < -0.4 is 0 Å². The van der Waals surface area contributed by atoms with Crippen LogP contribution in [0.5, 0.6) is 0 Å². The standard InChI is InChI=1S/C20H21ClN4O4/c21-15-3-1-14(2-4-15)17-11-16(29-22-17)12-23-7-9-24(10-8-23)20(28)13-25-18(26)5-6-19(25)27/h1-4,11H,5-10,12-13H2. The highest BCUT2D eigenvalue weighted by atomic mass is 35.5. The third-order valence-corrected chi connectivity index (χ3v) is 5.50. The topological polar surface area (TPSA) is 87.0 Å². The number of hydrogen-bond acceptors (Lipinski definition) is 6. The summed E-state index contributed by atoms with van der Waals surface area (Å²) in [7, 11) is 0. The summed E-state index contributed by atoms with van der Waals surface area (Å²) in [4.78, 5) is 40.7. The Kier molecular flexibility index (Phi) is 5.64. The molecule has 1 aromatic carbocycles. The molecule has 2 aliphatic rings. The first-order chi connectivity index (χ1) is 14.0. The van der Waals surface area contributed by atoms with Gasteiger partial charge in [-0.3, -0.25) is 24.2 Å². The van der Waals surface area contributed by atoms with Gasteiger partial charge in [0, 0.05) is 55.7 Å². The molecule has 3 amide bonds. The first-order valence-electron chi connectivity index (χ1n) is 9.54. The highest BCUT2D eigenvalue weighted by molar-refractivity contribution is 6.30. The number of likely N-dealkylation sites (tertiary alicyclic amines) is 1. The summed E-state index contributed by atoms with van der Waals surface area (Å²) in [5.74, 6) is 0.0496. The van der Waals surface area contributed by atoms with Crippen molar-refractivity contribution in [2.45, 2.75) is 19.4 Å². The predicted octanol–water partition coefficient (Wildman–Crippen LogP) is 1.79. The van der Waals surface area contributed by atoms with E-state index in [1.807, 2.05) is 30.3 Å². The molecule has 8 nitrogen and oxygen atoms in total. The molecule has 0 spiro atoms. The van der Waals surface area contributed by atoms with Crippen molar-refractivity contribution in [3.63, 3.8) is 0 Å². The van der Waals surface area contributed by atoms with Crippen molar-refractivity contribution in [1.29, 1.82) is 0 Å². The van der Waals surface area contributed by atoms with E-state index in [4.69, 9.17) is 16.1 Å². The minimum atomic E-state index is -0.260. The second kappa shape index (κ2) is 8.34. The van der Waals surface area contributed by atoms with Gasteiger partial charge in [-0.05, 0) is 12.1 Å². The fourth-order valence-electron chi connectivity index (χ4n) is 3.55. The van der Waals surface area contributed by atoms with Gasteiger partial charge in [-0.1, -0.05) is 28.9 Å². The summed E-state index contributed by atoms with van der Waals surface area (Å²) < 4.78 is 5.45. The fourth-order valence-corrected chi connectivity index (χ4v) is 3.68. The zero-order chi connectivity index (χ0) is 20.4. The number of carbonyl (C=O) groups is 3. The van der Waals surface area contributed by atoms with E-state index in [9.17, 15) is 14.4 Å². The maximum absolute atomic E-state index is 12.4. The van der Waals surface area contributed by atoms with E-state index < -0.39 is 0 Å². The lowest BCUT2D eigenvalue weighted by molar-refractivity contribution is -0.146. The fraction of sp³-hybridized carbons (Fsp3) is 0.400. The minimum Gasteiger partial charge on any atom is -0.359 e. The summed E-state index contributed by atoms with van der Waals surface area (Å²) in [5.41, 5.74) is 1.69. The van der Waals surface area contributed by atoms with E-state index in [-0.39, 0.29) is 37.1 Å². The monoisotopic (exact) mass is 416 g/mol. The number of benzene rings is 1. The Morgan fingerprint density at radius 3 is 2.34 bits per heavy atom. The molecule has 2 saturated heterocycles. The van der Waals surface area contributed by atoms with Gasteiger partial charge in [0.25, 0.3) is 0 Å². The second-order valence-corrected chi connectivity index (χ2v) is 7.65. The molecule has 2 aromatic rings. The number of imide groups is 1. The smallest absolute Gasteiger partial charge is 0.242 e. The zero-order valence-corrected chi connectivity index (χ0v) is 16.6. The van der Waals surface area contributed by atoms with E-state index in [0.717, 1.165) is 21.9 Å². The van der Waals surface area contributed by atoms with Crippen LogP contribution in [-0.2, 0) is 20.9 Å². The Bertz CT molecular complexity index is 903. The van der Waals surface area contributed by atoms with Crippen molar-refractivity contribution in [3.05, 3.63) is 41.1 Å². The van der Waals surface area contributed by atoms with Crippen molar-refractivity contribution in [3.8, 4) is 11.3 Å². The Labute approximate surface area is 173 Å². The van der Waals surface area contributed by atoms with Gasteiger partial charge in [0.1, 0.15) is 12.2 Å². The molecule has 9 heteroatoms. The molecular weight excluding hydrogens is 396 g/mol. The summed E-state index contributed by atoms with van der Waals surface area (Å²) in [6, 6.07) is 9.31. The van der Waals surface area contributed by atoms with Crippen molar-refractivity contribution < 1.29 is 18.9 Å². The molecule has 0 unspecified atom stereocenters. The van der Waals surface area contributed by atoms with Gasteiger partial charge in [-0.2, -0.15) is 0 Å². The quantitative estimate of drug-likeness (QED) is 0.690. The summed E-state index contributed by atoms with van der Waals surface area (Å²) in [6.45, 7) is 2.92. The number of hydrogen-bond donors (Lipinski definition) is 0. The Morgan fingerprint density at radius 2 is 1.69 bits per heavy atom. The molecule has 1 aromatic heterocycles. The number of carbonyl (C=O) groups excluding carboxylic acids is 3. The van der Waals surface area contributed by atoms with Crippen LogP contribution in [0.1, 0.15) is 18.6 Å². The SMILES string of the molecule is O=C(CN1C(=O)CCC1=O)N1CCN(Cc2cc(-c3ccc(Cl)cc3)no2)CC1.